The second-order valence-electron chi connectivity index (χ2n) is 3.02. The third kappa shape index (κ3) is 2.42. The lowest BCUT2D eigenvalue weighted by Gasteiger charge is -2.05. The molecule has 0 aromatic heterocycles. The Hall–Kier alpha value is -1.16. The maximum Gasteiger partial charge on any atom is 0.219 e. The molecule has 0 heterocycles. The number of aliphatic imine (C=N–C) groups is 2. The van der Waals surface area contributed by atoms with Gasteiger partial charge in [0.1, 0.15) is 0 Å². The molecule has 3 nitrogen and oxygen atoms in total. The van der Waals surface area contributed by atoms with Gasteiger partial charge in [-0.15, -0.1) is 0 Å². The summed E-state index contributed by atoms with van der Waals surface area (Å²) in [5.41, 5.74) is 8.47. The van der Waals surface area contributed by atoms with Crippen LogP contribution in [0.2, 0.25) is 0 Å². The summed E-state index contributed by atoms with van der Waals surface area (Å²) in [7, 11) is 0. The average molecular weight is 254 g/mol. The smallest absolute Gasteiger partial charge is 0.219 e. The maximum atomic E-state index is 5.49. The Morgan fingerprint density at radius 3 is 2.29 bits per heavy atom. The molecule has 1 rings (SSSR count). The number of hydrogen-bond donors (Lipinski definition) is 1. The molecule has 1 aromatic rings. The third-order valence-corrected chi connectivity index (χ3v) is 2.30. The fraction of sp³-hybridized carbons (Fsp3) is 0.200. The van der Waals surface area contributed by atoms with Crippen LogP contribution in [0.5, 0.6) is 0 Å². The Kier molecular flexibility index (Phi) is 3.41. The van der Waals surface area contributed by atoms with Crippen molar-refractivity contribution in [3.05, 3.63) is 27.7 Å². The van der Waals surface area contributed by atoms with Gasteiger partial charge in [-0.3, -0.25) is 0 Å². The highest BCUT2D eigenvalue weighted by atomic mass is 79.9. The van der Waals surface area contributed by atoms with Crippen molar-refractivity contribution < 1.29 is 0 Å². The van der Waals surface area contributed by atoms with Crippen LogP contribution in [0.3, 0.4) is 0 Å². The Labute approximate surface area is 91.9 Å². The summed E-state index contributed by atoms with van der Waals surface area (Å²) in [6, 6.07) is 3.98. The van der Waals surface area contributed by atoms with Crippen LogP contribution in [0.25, 0.3) is 0 Å². The molecule has 0 spiro atoms. The van der Waals surface area contributed by atoms with E-state index in [9.17, 15) is 0 Å². The molecule has 0 atom stereocenters. The molecule has 74 valence electrons. The van der Waals surface area contributed by atoms with E-state index in [1.807, 2.05) is 26.0 Å². The monoisotopic (exact) mass is 253 g/mol. The molecule has 0 radical (unpaired) electrons. The standard InChI is InChI=1S/C10H12BrN3/c1-6-4-8(11)5-7(2)9(6)14-10(12)13-3/h4-5H,3H2,1-2H3,(H2,12,14). The van der Waals surface area contributed by atoms with E-state index in [4.69, 9.17) is 5.73 Å². The number of aryl methyl sites for hydroxylation is 2. The highest BCUT2D eigenvalue weighted by Gasteiger charge is 2.03. The molecule has 0 aliphatic heterocycles. The quantitative estimate of drug-likeness (QED) is 0.608. The number of nitrogens with zero attached hydrogens (tertiary/aromatic N) is 2. The van der Waals surface area contributed by atoms with Crippen molar-refractivity contribution in [2.24, 2.45) is 15.7 Å². The number of hydrogen-bond acceptors (Lipinski definition) is 1. The fourth-order valence-corrected chi connectivity index (χ4v) is 1.92. The van der Waals surface area contributed by atoms with Gasteiger partial charge < -0.3 is 5.73 Å². The molecule has 14 heavy (non-hydrogen) atoms. The molecular formula is C10H12BrN3. The molecule has 4 heteroatoms. The first-order valence-corrected chi connectivity index (χ1v) is 4.91. The first kappa shape index (κ1) is 10.9. The van der Waals surface area contributed by atoms with Crippen LogP contribution in [-0.2, 0) is 0 Å². The number of rotatable bonds is 1. The molecule has 0 amide bonds. The summed E-state index contributed by atoms with van der Waals surface area (Å²) >= 11 is 3.41. The Morgan fingerprint density at radius 2 is 1.86 bits per heavy atom. The van der Waals surface area contributed by atoms with Gasteiger partial charge in [0.05, 0.1) is 5.69 Å². The molecule has 1 aromatic carbocycles. The highest BCUT2D eigenvalue weighted by molar-refractivity contribution is 9.10. The molecular weight excluding hydrogens is 242 g/mol. The van der Waals surface area contributed by atoms with Crippen LogP contribution in [-0.4, -0.2) is 12.7 Å². The lowest BCUT2D eigenvalue weighted by molar-refractivity contribution is 1.30. The normalized spacial score (nSPS) is 11.5. The molecule has 0 saturated heterocycles. The van der Waals surface area contributed by atoms with E-state index in [1.165, 1.54) is 0 Å². The van der Waals surface area contributed by atoms with Crippen LogP contribution in [0.1, 0.15) is 11.1 Å². The molecule has 0 bridgehead atoms. The van der Waals surface area contributed by atoms with E-state index in [0.717, 1.165) is 21.3 Å². The van der Waals surface area contributed by atoms with Crippen LogP contribution in [0.4, 0.5) is 5.69 Å². The number of benzene rings is 1. The highest BCUT2D eigenvalue weighted by Crippen LogP contribution is 2.27. The number of halogens is 1. The zero-order valence-corrected chi connectivity index (χ0v) is 9.80. The topological polar surface area (TPSA) is 50.7 Å². The largest absolute Gasteiger partial charge is 0.368 e. The third-order valence-electron chi connectivity index (χ3n) is 1.84. The van der Waals surface area contributed by atoms with Crippen molar-refractivity contribution >= 4 is 34.3 Å². The van der Waals surface area contributed by atoms with Crippen molar-refractivity contribution in [1.29, 1.82) is 0 Å². The van der Waals surface area contributed by atoms with E-state index >= 15 is 0 Å². The van der Waals surface area contributed by atoms with E-state index in [0.29, 0.717) is 0 Å². The van der Waals surface area contributed by atoms with Gasteiger partial charge in [0.2, 0.25) is 5.96 Å². The zero-order valence-electron chi connectivity index (χ0n) is 8.21. The van der Waals surface area contributed by atoms with Crippen LogP contribution >= 0.6 is 15.9 Å². The molecule has 0 fully saturated rings. The summed E-state index contributed by atoms with van der Waals surface area (Å²) in [5, 5.41) is 0. The van der Waals surface area contributed by atoms with Gasteiger partial charge in [-0.2, -0.15) is 0 Å². The van der Waals surface area contributed by atoms with Gasteiger partial charge in [-0.05, 0) is 43.8 Å². The summed E-state index contributed by atoms with van der Waals surface area (Å²) in [6.45, 7) is 7.28. The molecule has 0 unspecified atom stereocenters. The Bertz CT molecular complexity index is 373. The summed E-state index contributed by atoms with van der Waals surface area (Å²) in [5.74, 6) is 0.193. The minimum Gasteiger partial charge on any atom is -0.368 e. The fourth-order valence-electron chi connectivity index (χ4n) is 1.23. The van der Waals surface area contributed by atoms with E-state index in [1.54, 1.807) is 0 Å². The lowest BCUT2D eigenvalue weighted by Crippen LogP contribution is -2.06. The van der Waals surface area contributed by atoms with Crippen molar-refractivity contribution in [1.82, 2.24) is 0 Å². The molecule has 2 N–H and O–H groups in total. The van der Waals surface area contributed by atoms with Crippen molar-refractivity contribution in [3.63, 3.8) is 0 Å². The summed E-state index contributed by atoms with van der Waals surface area (Å²) < 4.78 is 1.04. The SMILES string of the molecule is C=NC(N)=Nc1c(C)cc(Br)cc1C. The van der Waals surface area contributed by atoms with Gasteiger partial charge in [0.25, 0.3) is 0 Å². The Morgan fingerprint density at radius 1 is 1.36 bits per heavy atom. The van der Waals surface area contributed by atoms with Gasteiger partial charge in [0.15, 0.2) is 0 Å². The second kappa shape index (κ2) is 4.37. The number of guanidine groups is 1. The predicted octanol–water partition coefficient (Wildman–Crippen LogP) is 2.71. The van der Waals surface area contributed by atoms with E-state index in [2.05, 4.69) is 32.6 Å². The van der Waals surface area contributed by atoms with Gasteiger partial charge in [-0.25, -0.2) is 9.98 Å². The molecule has 0 saturated carbocycles. The summed E-state index contributed by atoms with van der Waals surface area (Å²) in [4.78, 5) is 7.72. The first-order valence-electron chi connectivity index (χ1n) is 4.12. The first-order chi connectivity index (χ1) is 6.54. The summed E-state index contributed by atoms with van der Waals surface area (Å²) in [6.07, 6.45) is 0. The van der Waals surface area contributed by atoms with Crippen LogP contribution in [0.15, 0.2) is 26.6 Å². The average Bonchev–Trinajstić information content (AvgIpc) is 2.10. The van der Waals surface area contributed by atoms with Crippen molar-refractivity contribution in [2.45, 2.75) is 13.8 Å². The van der Waals surface area contributed by atoms with Gasteiger partial charge in [0, 0.05) is 4.47 Å². The van der Waals surface area contributed by atoms with Crippen molar-refractivity contribution in [2.75, 3.05) is 0 Å². The minimum atomic E-state index is 0.193. The molecule has 0 aliphatic carbocycles. The predicted molar refractivity (Wildman–Crippen MR) is 64.4 cm³/mol. The number of nitrogens with two attached hydrogens (primary N) is 1. The van der Waals surface area contributed by atoms with Crippen molar-refractivity contribution in [3.8, 4) is 0 Å². The minimum absolute atomic E-state index is 0.193. The van der Waals surface area contributed by atoms with Crippen LogP contribution < -0.4 is 5.73 Å². The lowest BCUT2D eigenvalue weighted by atomic mass is 10.1. The van der Waals surface area contributed by atoms with Gasteiger partial charge in [-0.1, -0.05) is 15.9 Å². The Balaban J connectivity index is 3.28. The van der Waals surface area contributed by atoms with Gasteiger partial charge >= 0.3 is 0 Å². The maximum absolute atomic E-state index is 5.49. The second-order valence-corrected chi connectivity index (χ2v) is 3.93. The van der Waals surface area contributed by atoms with E-state index < -0.39 is 0 Å². The zero-order chi connectivity index (χ0) is 10.7. The van der Waals surface area contributed by atoms with Crippen LogP contribution in [0, 0.1) is 13.8 Å². The molecule has 0 aliphatic rings. The van der Waals surface area contributed by atoms with E-state index in [-0.39, 0.29) is 5.96 Å².